The van der Waals surface area contributed by atoms with Crippen LogP contribution in [0.15, 0.2) is 0 Å². The van der Waals surface area contributed by atoms with Gasteiger partial charge in [0.1, 0.15) is 6.04 Å². The van der Waals surface area contributed by atoms with Crippen LogP contribution in [-0.2, 0) is 9.59 Å². The van der Waals surface area contributed by atoms with Crippen molar-refractivity contribution in [2.45, 2.75) is 52.0 Å². The van der Waals surface area contributed by atoms with Crippen molar-refractivity contribution in [1.82, 2.24) is 10.6 Å². The Kier molecular flexibility index (Phi) is 5.99. The number of hydrogen-bond donors (Lipinski definition) is 4. The monoisotopic (exact) mass is 299 g/mol. The number of carbonyl (C=O) groups is 3. The Hall–Kier alpha value is -1.79. The average molecular weight is 299 g/mol. The van der Waals surface area contributed by atoms with E-state index in [2.05, 4.69) is 10.6 Å². The number of primary amides is 1. The molecule has 7 heteroatoms. The zero-order chi connectivity index (χ0) is 16.0. The first-order valence-corrected chi connectivity index (χ1v) is 7.34. The predicted octanol–water partition coefficient (Wildman–Crippen LogP) is 0.831. The molecule has 1 saturated carbocycles. The van der Waals surface area contributed by atoms with Crippen LogP contribution in [0.2, 0.25) is 0 Å². The number of hydrogen-bond acceptors (Lipinski definition) is 3. The molecule has 0 radical (unpaired) electrons. The Morgan fingerprint density at radius 1 is 1.24 bits per heavy atom. The molecule has 7 nitrogen and oxygen atoms in total. The maximum atomic E-state index is 12.2. The number of rotatable bonds is 7. The molecule has 0 saturated heterocycles. The fourth-order valence-electron chi connectivity index (χ4n) is 2.77. The fourth-order valence-corrected chi connectivity index (χ4v) is 2.77. The largest absolute Gasteiger partial charge is 0.481 e. The molecule has 3 amide bonds. The number of carboxylic acids is 1. The van der Waals surface area contributed by atoms with Gasteiger partial charge in [0.2, 0.25) is 5.91 Å². The summed E-state index contributed by atoms with van der Waals surface area (Å²) in [5.41, 5.74) is 4.20. The van der Waals surface area contributed by atoms with Crippen LogP contribution in [0.25, 0.3) is 0 Å². The van der Waals surface area contributed by atoms with Gasteiger partial charge >= 0.3 is 12.0 Å². The average Bonchev–Trinajstić information content (AvgIpc) is 2.84. The molecule has 0 aromatic rings. The first-order chi connectivity index (χ1) is 9.77. The number of aliphatic carboxylic acids is 1. The summed E-state index contributed by atoms with van der Waals surface area (Å²) in [6.07, 6.45) is 3.31. The third kappa shape index (κ3) is 4.91. The first-order valence-electron chi connectivity index (χ1n) is 7.34. The van der Waals surface area contributed by atoms with Crippen LogP contribution < -0.4 is 16.4 Å². The third-order valence-corrected chi connectivity index (χ3v) is 3.96. The lowest BCUT2D eigenvalue weighted by Gasteiger charge is -2.26. The lowest BCUT2D eigenvalue weighted by Crippen LogP contribution is -2.51. The van der Waals surface area contributed by atoms with Crippen molar-refractivity contribution >= 4 is 17.9 Å². The number of amides is 3. The minimum absolute atomic E-state index is 0.0935. The van der Waals surface area contributed by atoms with Gasteiger partial charge in [-0.15, -0.1) is 0 Å². The molecule has 0 heterocycles. The van der Waals surface area contributed by atoms with Crippen LogP contribution in [0.4, 0.5) is 4.79 Å². The summed E-state index contributed by atoms with van der Waals surface area (Å²) in [6.45, 7) is 3.95. The van der Waals surface area contributed by atoms with Gasteiger partial charge in [0.05, 0.1) is 5.41 Å². The van der Waals surface area contributed by atoms with Crippen LogP contribution in [0.5, 0.6) is 0 Å². The number of nitrogens with two attached hydrogens (primary N) is 1. The summed E-state index contributed by atoms with van der Waals surface area (Å²) >= 11 is 0. The first kappa shape index (κ1) is 17.3. The Labute approximate surface area is 124 Å². The molecule has 1 rings (SSSR count). The topological polar surface area (TPSA) is 122 Å². The van der Waals surface area contributed by atoms with Gasteiger partial charge in [-0.25, -0.2) is 4.79 Å². The van der Waals surface area contributed by atoms with Crippen molar-refractivity contribution in [1.29, 1.82) is 0 Å². The summed E-state index contributed by atoms with van der Waals surface area (Å²) in [5, 5.41) is 14.4. The van der Waals surface area contributed by atoms with E-state index in [9.17, 15) is 19.5 Å². The number of nitrogens with one attached hydrogen (secondary N) is 2. The second-order valence-corrected chi connectivity index (χ2v) is 6.20. The molecule has 1 unspecified atom stereocenters. The van der Waals surface area contributed by atoms with Gasteiger partial charge in [-0.05, 0) is 25.2 Å². The van der Waals surface area contributed by atoms with Gasteiger partial charge in [0.25, 0.3) is 0 Å². The lowest BCUT2D eigenvalue weighted by molar-refractivity contribution is -0.148. The maximum absolute atomic E-state index is 12.2. The molecule has 0 aromatic heterocycles. The van der Waals surface area contributed by atoms with Gasteiger partial charge in [0.15, 0.2) is 0 Å². The van der Waals surface area contributed by atoms with Gasteiger partial charge in [0, 0.05) is 6.54 Å². The Bertz CT molecular complexity index is 403. The minimum Gasteiger partial charge on any atom is -0.481 e. The molecule has 21 heavy (non-hydrogen) atoms. The Balaban J connectivity index is 2.63. The van der Waals surface area contributed by atoms with Crippen molar-refractivity contribution in [3.8, 4) is 0 Å². The highest BCUT2D eigenvalue weighted by Crippen LogP contribution is 2.37. The molecule has 1 aliphatic rings. The normalized spacial score (nSPS) is 18.2. The minimum atomic E-state index is -0.872. The molecule has 120 valence electrons. The van der Waals surface area contributed by atoms with Crippen molar-refractivity contribution in [3.05, 3.63) is 0 Å². The van der Waals surface area contributed by atoms with E-state index in [1.165, 1.54) is 0 Å². The van der Waals surface area contributed by atoms with Gasteiger partial charge in [-0.3, -0.25) is 9.59 Å². The molecule has 1 atom stereocenters. The lowest BCUT2D eigenvalue weighted by atomic mass is 9.86. The molecular formula is C14H25N3O4. The Morgan fingerprint density at radius 2 is 1.81 bits per heavy atom. The van der Waals surface area contributed by atoms with Crippen LogP contribution in [0.3, 0.4) is 0 Å². The highest BCUT2D eigenvalue weighted by Gasteiger charge is 2.41. The smallest absolute Gasteiger partial charge is 0.312 e. The van der Waals surface area contributed by atoms with Crippen molar-refractivity contribution in [2.75, 3.05) is 6.54 Å². The van der Waals surface area contributed by atoms with Crippen LogP contribution in [0.1, 0.15) is 46.0 Å². The van der Waals surface area contributed by atoms with Gasteiger partial charge in [-0.2, -0.15) is 0 Å². The van der Waals surface area contributed by atoms with E-state index in [1.807, 2.05) is 13.8 Å². The second kappa shape index (κ2) is 7.28. The molecule has 0 aliphatic heterocycles. The summed E-state index contributed by atoms with van der Waals surface area (Å²) in [6, 6.07) is -1.49. The highest BCUT2D eigenvalue weighted by molar-refractivity contribution is 5.87. The van der Waals surface area contributed by atoms with E-state index < -0.39 is 23.5 Å². The highest BCUT2D eigenvalue weighted by atomic mass is 16.4. The van der Waals surface area contributed by atoms with Crippen LogP contribution in [-0.4, -0.2) is 35.6 Å². The molecule has 1 aliphatic carbocycles. The van der Waals surface area contributed by atoms with Crippen molar-refractivity contribution in [3.63, 3.8) is 0 Å². The van der Waals surface area contributed by atoms with Crippen molar-refractivity contribution < 1.29 is 19.5 Å². The molecule has 0 spiro atoms. The number of carbonyl (C=O) groups excluding carboxylic acids is 2. The second-order valence-electron chi connectivity index (χ2n) is 6.20. The maximum Gasteiger partial charge on any atom is 0.312 e. The Morgan fingerprint density at radius 3 is 2.24 bits per heavy atom. The van der Waals surface area contributed by atoms with E-state index >= 15 is 0 Å². The molecule has 0 bridgehead atoms. The standard InChI is InChI=1S/C14H25N3O4/c1-9(2)7-10(17-13(15)21)11(18)16-8-14(12(19)20)5-3-4-6-14/h9-10H,3-8H2,1-2H3,(H,16,18)(H,19,20)(H3,15,17,21). The fraction of sp³-hybridized carbons (Fsp3) is 0.786. The van der Waals surface area contributed by atoms with E-state index in [0.29, 0.717) is 19.3 Å². The van der Waals surface area contributed by atoms with Crippen molar-refractivity contribution in [2.24, 2.45) is 17.1 Å². The van der Waals surface area contributed by atoms with E-state index in [-0.39, 0.29) is 18.4 Å². The van der Waals surface area contributed by atoms with Crippen LogP contribution >= 0.6 is 0 Å². The van der Waals surface area contributed by atoms with Crippen LogP contribution in [0, 0.1) is 11.3 Å². The van der Waals surface area contributed by atoms with Gasteiger partial charge in [-0.1, -0.05) is 26.7 Å². The quantitative estimate of drug-likeness (QED) is 0.556. The zero-order valence-electron chi connectivity index (χ0n) is 12.6. The zero-order valence-corrected chi connectivity index (χ0v) is 12.6. The van der Waals surface area contributed by atoms with E-state index in [4.69, 9.17) is 5.73 Å². The number of carboxylic acid groups (broad SMARTS) is 1. The summed E-state index contributed by atoms with van der Waals surface area (Å²) < 4.78 is 0. The summed E-state index contributed by atoms with van der Waals surface area (Å²) in [4.78, 5) is 34.5. The molecule has 5 N–H and O–H groups in total. The van der Waals surface area contributed by atoms with E-state index in [0.717, 1.165) is 12.8 Å². The molecular weight excluding hydrogens is 274 g/mol. The van der Waals surface area contributed by atoms with Gasteiger partial charge < -0.3 is 21.5 Å². The SMILES string of the molecule is CC(C)CC(NC(N)=O)C(=O)NCC1(C(=O)O)CCCC1. The molecule has 1 fully saturated rings. The number of urea groups is 1. The summed E-state index contributed by atoms with van der Waals surface area (Å²) in [5.74, 6) is -1.05. The third-order valence-electron chi connectivity index (χ3n) is 3.96. The summed E-state index contributed by atoms with van der Waals surface area (Å²) in [7, 11) is 0. The van der Waals surface area contributed by atoms with E-state index in [1.54, 1.807) is 0 Å². The predicted molar refractivity (Wildman–Crippen MR) is 77.5 cm³/mol. The molecule has 0 aromatic carbocycles.